The highest BCUT2D eigenvalue weighted by Crippen LogP contribution is 2.27. The highest BCUT2D eigenvalue weighted by Gasteiger charge is 2.23. The van der Waals surface area contributed by atoms with Crippen molar-refractivity contribution in [2.45, 2.75) is 31.7 Å². The number of thiazole rings is 1. The van der Waals surface area contributed by atoms with Crippen LogP contribution in [0.4, 0.5) is 13.9 Å². The molecule has 0 saturated carbocycles. The van der Waals surface area contributed by atoms with Gasteiger partial charge in [-0.1, -0.05) is 11.3 Å². The summed E-state index contributed by atoms with van der Waals surface area (Å²) in [4.78, 5) is 17.8. The molecule has 1 saturated heterocycles. The number of hydrazone groups is 1. The zero-order chi connectivity index (χ0) is 19.9. The first-order valence-corrected chi connectivity index (χ1v) is 9.75. The van der Waals surface area contributed by atoms with Gasteiger partial charge < -0.3 is 4.90 Å². The molecule has 0 N–H and O–H groups in total. The number of piperidine rings is 1. The van der Waals surface area contributed by atoms with Crippen LogP contribution in [0.2, 0.25) is 0 Å². The van der Waals surface area contributed by atoms with Crippen molar-refractivity contribution < 1.29 is 13.6 Å². The van der Waals surface area contributed by atoms with Crippen molar-refractivity contribution >= 4 is 29.1 Å². The number of carbonyl (C=O) groups is 1. The van der Waals surface area contributed by atoms with Crippen LogP contribution in [0.25, 0.3) is 0 Å². The third-order valence-corrected chi connectivity index (χ3v) is 5.43. The van der Waals surface area contributed by atoms with Gasteiger partial charge in [0.2, 0.25) is 6.41 Å². The van der Waals surface area contributed by atoms with Gasteiger partial charge in [0, 0.05) is 31.8 Å². The number of aromatic nitrogens is 1. The molecule has 146 valence electrons. The number of carbonyl (C=O) groups excluding carboxylic acids is 1. The molecule has 2 aliphatic rings. The summed E-state index contributed by atoms with van der Waals surface area (Å²) in [5.74, 6) is -1.30. The van der Waals surface area contributed by atoms with Gasteiger partial charge in [0.25, 0.3) is 0 Å². The summed E-state index contributed by atoms with van der Waals surface area (Å²) in [6, 6.07) is 4.93. The van der Waals surface area contributed by atoms with Crippen LogP contribution in [-0.4, -0.2) is 35.7 Å². The lowest BCUT2D eigenvalue weighted by molar-refractivity contribution is -0.119. The van der Waals surface area contributed by atoms with Crippen LogP contribution in [0.1, 0.15) is 42.2 Å². The summed E-state index contributed by atoms with van der Waals surface area (Å²) in [5, 5.41) is 14.6. The van der Waals surface area contributed by atoms with Crippen LogP contribution in [0, 0.1) is 23.0 Å². The van der Waals surface area contributed by atoms with Gasteiger partial charge in [0.1, 0.15) is 22.6 Å². The second kappa shape index (κ2) is 9.37. The predicted octanol–water partition coefficient (Wildman–Crippen LogP) is 3.86. The van der Waals surface area contributed by atoms with Crippen LogP contribution in [-0.2, 0) is 4.79 Å². The zero-order valence-electron chi connectivity index (χ0n) is 15.1. The molecule has 1 amide bonds. The Balaban J connectivity index is 0.000000162. The number of anilines is 1. The van der Waals surface area contributed by atoms with Gasteiger partial charge in [0.05, 0.1) is 12.2 Å². The van der Waals surface area contributed by atoms with Crippen molar-refractivity contribution in [2.75, 3.05) is 18.0 Å². The highest BCUT2D eigenvalue weighted by atomic mass is 32.1. The molecule has 0 radical (unpaired) electrons. The van der Waals surface area contributed by atoms with Crippen molar-refractivity contribution in [2.24, 2.45) is 5.10 Å². The van der Waals surface area contributed by atoms with E-state index in [9.17, 15) is 13.6 Å². The molecule has 2 aromatic rings. The normalized spacial score (nSPS) is 18.4. The fourth-order valence-corrected chi connectivity index (χ4v) is 3.90. The maximum atomic E-state index is 12.9. The van der Waals surface area contributed by atoms with Crippen molar-refractivity contribution in [3.05, 3.63) is 46.5 Å². The number of rotatable bonds is 3. The van der Waals surface area contributed by atoms with Crippen molar-refractivity contribution in [3.63, 3.8) is 0 Å². The van der Waals surface area contributed by atoms with E-state index in [1.165, 1.54) is 42.7 Å². The van der Waals surface area contributed by atoms with Crippen molar-refractivity contribution in [3.8, 4) is 6.07 Å². The molecule has 6 nitrogen and oxygen atoms in total. The maximum absolute atomic E-state index is 12.9. The topological polar surface area (TPSA) is 72.6 Å². The van der Waals surface area contributed by atoms with Crippen LogP contribution in [0.3, 0.4) is 0 Å². The monoisotopic (exact) mass is 403 g/mol. The number of halogens is 2. The third kappa shape index (κ3) is 4.89. The Hall–Kier alpha value is -2.86. The van der Waals surface area contributed by atoms with E-state index < -0.39 is 17.7 Å². The third-order valence-electron chi connectivity index (χ3n) is 4.47. The number of amides is 1. The van der Waals surface area contributed by atoms with Crippen LogP contribution < -0.4 is 4.90 Å². The summed E-state index contributed by atoms with van der Waals surface area (Å²) in [7, 11) is 0. The predicted molar refractivity (Wildman–Crippen MR) is 103 cm³/mol. The molecule has 1 atom stereocenters. The van der Waals surface area contributed by atoms with Crippen LogP contribution >= 0.6 is 11.3 Å². The molecule has 4 rings (SSSR count). The molecular formula is C19H19F2N5OS. The molecule has 1 aromatic heterocycles. The van der Waals surface area contributed by atoms with Gasteiger partial charge >= 0.3 is 0 Å². The molecule has 3 heterocycles. The first-order chi connectivity index (χ1) is 13.6. The van der Waals surface area contributed by atoms with E-state index in [4.69, 9.17) is 5.26 Å². The van der Waals surface area contributed by atoms with Crippen molar-refractivity contribution in [1.29, 1.82) is 5.26 Å². The minimum Gasteiger partial charge on any atom is -0.348 e. The van der Waals surface area contributed by atoms with Gasteiger partial charge in [-0.2, -0.15) is 10.4 Å². The largest absolute Gasteiger partial charge is 0.348 e. The minimum absolute atomic E-state index is 0.396. The molecule has 1 fully saturated rings. The number of nitrogens with zero attached hydrogens (tertiary/aromatic N) is 5. The molecular weight excluding hydrogens is 384 g/mol. The first kappa shape index (κ1) is 19.9. The Kier molecular flexibility index (Phi) is 6.66. The minimum atomic E-state index is -0.650. The van der Waals surface area contributed by atoms with E-state index in [1.807, 2.05) is 0 Å². The van der Waals surface area contributed by atoms with Gasteiger partial charge in [-0.15, -0.1) is 0 Å². The second-order valence-electron chi connectivity index (χ2n) is 6.40. The zero-order valence-corrected chi connectivity index (χ0v) is 15.9. The fourth-order valence-electron chi connectivity index (χ4n) is 3.13. The van der Waals surface area contributed by atoms with Gasteiger partial charge in [-0.25, -0.2) is 18.8 Å². The summed E-state index contributed by atoms with van der Waals surface area (Å²) in [6.07, 6.45) is 8.05. The quantitative estimate of drug-likeness (QED) is 0.730. The van der Waals surface area contributed by atoms with Crippen LogP contribution in [0.15, 0.2) is 29.5 Å². The van der Waals surface area contributed by atoms with E-state index in [0.717, 1.165) is 29.3 Å². The smallest absolute Gasteiger partial charge is 0.230 e. The maximum Gasteiger partial charge on any atom is 0.230 e. The van der Waals surface area contributed by atoms with Gasteiger partial charge in [-0.05, 0) is 37.0 Å². The molecule has 0 bridgehead atoms. The molecule has 1 unspecified atom stereocenters. The lowest BCUT2D eigenvalue weighted by Crippen LogP contribution is -2.29. The first-order valence-electron chi connectivity index (χ1n) is 8.93. The molecule has 0 aliphatic carbocycles. The number of hydrogen-bond acceptors (Lipinski definition) is 6. The molecule has 9 heteroatoms. The van der Waals surface area contributed by atoms with E-state index in [-0.39, 0.29) is 0 Å². The van der Waals surface area contributed by atoms with E-state index in [2.05, 4.69) is 21.1 Å². The molecule has 2 aliphatic heterocycles. The van der Waals surface area contributed by atoms with Crippen LogP contribution in [0.5, 0.6) is 0 Å². The second-order valence-corrected chi connectivity index (χ2v) is 7.41. The number of benzene rings is 1. The fraction of sp³-hybridized carbons (Fsp3) is 0.368. The summed E-state index contributed by atoms with van der Waals surface area (Å²) in [6.45, 7) is 2.19. The molecule has 0 spiro atoms. The standard InChI is InChI=1S/C10H8F2N2O.C9H11N3S/c11-8-3-7(4-9(12)5-8)10-1-2-13-14(10)6-15;10-6-8-7-11-9(13-8)12-4-2-1-3-5-12/h2-6,10H,1H2;7H,1-5H2. The Morgan fingerprint density at radius 1 is 1.18 bits per heavy atom. The Bertz CT molecular complexity index is 868. The highest BCUT2D eigenvalue weighted by molar-refractivity contribution is 7.16. The van der Waals surface area contributed by atoms with Gasteiger partial charge in [-0.3, -0.25) is 4.79 Å². The average Bonchev–Trinajstić information content (AvgIpc) is 3.37. The Morgan fingerprint density at radius 2 is 1.89 bits per heavy atom. The molecule has 1 aromatic carbocycles. The van der Waals surface area contributed by atoms with Gasteiger partial charge in [0.15, 0.2) is 5.13 Å². The Morgan fingerprint density at radius 3 is 2.50 bits per heavy atom. The van der Waals surface area contributed by atoms with Crippen molar-refractivity contribution in [1.82, 2.24) is 9.99 Å². The summed E-state index contributed by atoms with van der Waals surface area (Å²) >= 11 is 1.49. The number of hydrogen-bond donors (Lipinski definition) is 0. The molecule has 28 heavy (non-hydrogen) atoms. The van der Waals surface area contributed by atoms with E-state index in [0.29, 0.717) is 23.3 Å². The number of nitriles is 1. The Labute approximate surface area is 165 Å². The lowest BCUT2D eigenvalue weighted by atomic mass is 10.0. The summed E-state index contributed by atoms with van der Waals surface area (Å²) in [5.41, 5.74) is 0.414. The van der Waals surface area contributed by atoms with E-state index in [1.54, 1.807) is 12.4 Å². The average molecular weight is 403 g/mol. The van der Waals surface area contributed by atoms with E-state index >= 15 is 0 Å². The summed E-state index contributed by atoms with van der Waals surface area (Å²) < 4.78 is 25.8. The SMILES string of the molecule is N#Cc1cnc(N2CCCCC2)s1.O=CN1N=CCC1c1cc(F)cc(F)c1. The lowest BCUT2D eigenvalue weighted by Gasteiger charge is -2.25.